The van der Waals surface area contributed by atoms with Crippen LogP contribution in [0.1, 0.15) is 61.6 Å². The van der Waals surface area contributed by atoms with Crippen molar-refractivity contribution in [2.45, 2.75) is 76.9 Å². The van der Waals surface area contributed by atoms with Gasteiger partial charge in [-0.3, -0.25) is 13.9 Å². The van der Waals surface area contributed by atoms with Gasteiger partial charge in [0, 0.05) is 42.6 Å². The lowest BCUT2D eigenvalue weighted by molar-refractivity contribution is -0.141. The molecule has 4 rings (SSSR count). The first-order valence-corrected chi connectivity index (χ1v) is 17.4. The fourth-order valence-electron chi connectivity index (χ4n) is 5.74. The average molecular weight is 642 g/mol. The van der Waals surface area contributed by atoms with E-state index in [0.717, 1.165) is 49.5 Å². The van der Waals surface area contributed by atoms with Gasteiger partial charge in [-0.15, -0.1) is 0 Å². The van der Waals surface area contributed by atoms with Crippen LogP contribution in [0.25, 0.3) is 0 Å². The molecule has 3 aromatic rings. The number of rotatable bonds is 13. The zero-order valence-electron chi connectivity index (χ0n) is 25.3. The topological polar surface area (TPSA) is 86.8 Å². The number of nitrogens with one attached hydrogen (secondary N) is 1. The Labute approximate surface area is 265 Å². The third kappa shape index (κ3) is 9.29. The average Bonchev–Trinajstić information content (AvgIpc) is 2.99. The fraction of sp³-hybridized carbons (Fsp3) is 0.412. The molecule has 1 N–H and O–H groups in total. The Morgan fingerprint density at radius 3 is 2.36 bits per heavy atom. The second-order valence-electron chi connectivity index (χ2n) is 11.5. The fourth-order valence-corrected chi connectivity index (χ4v) is 6.92. The van der Waals surface area contributed by atoms with Gasteiger partial charge >= 0.3 is 0 Å². The lowest BCUT2D eigenvalue weighted by Gasteiger charge is -2.34. The van der Waals surface area contributed by atoms with Gasteiger partial charge in [0.2, 0.25) is 21.8 Å². The van der Waals surface area contributed by atoms with Crippen molar-refractivity contribution in [3.63, 3.8) is 0 Å². The van der Waals surface area contributed by atoms with Crippen LogP contribution in [0.3, 0.4) is 0 Å². The van der Waals surface area contributed by atoms with Gasteiger partial charge in [-0.1, -0.05) is 85.5 Å². The van der Waals surface area contributed by atoms with Crippen molar-refractivity contribution < 1.29 is 22.4 Å². The van der Waals surface area contributed by atoms with Crippen molar-refractivity contribution in [1.82, 2.24) is 10.2 Å². The molecule has 1 atom stereocenters. The quantitative estimate of drug-likeness (QED) is 0.233. The molecule has 0 saturated heterocycles. The first-order valence-electron chi connectivity index (χ1n) is 15.1. The van der Waals surface area contributed by atoms with E-state index >= 15 is 0 Å². The van der Waals surface area contributed by atoms with Crippen molar-refractivity contribution in [3.05, 3.63) is 100 Å². The Morgan fingerprint density at radius 2 is 1.68 bits per heavy atom. The molecule has 44 heavy (non-hydrogen) atoms. The van der Waals surface area contributed by atoms with E-state index in [4.69, 9.17) is 11.6 Å². The van der Waals surface area contributed by atoms with Gasteiger partial charge < -0.3 is 10.2 Å². The molecular weight excluding hydrogens is 601 g/mol. The Bertz CT molecular complexity index is 1530. The van der Waals surface area contributed by atoms with Crippen LogP contribution in [-0.2, 0) is 32.6 Å². The summed E-state index contributed by atoms with van der Waals surface area (Å²) >= 11 is 6.18. The molecular formula is C34H41ClFN3O4S. The molecule has 1 saturated carbocycles. The SMILES string of the molecule is Cc1ccc(Cl)cc1N(CCCC(=O)N(Cc1ccccc1F)[C@H](Cc1ccccc1)C(=O)NC1CCCCC1)S(C)(=O)=O. The van der Waals surface area contributed by atoms with Crippen molar-refractivity contribution in [3.8, 4) is 0 Å². The molecule has 1 aliphatic rings. The molecule has 0 unspecified atom stereocenters. The maximum atomic E-state index is 14.9. The van der Waals surface area contributed by atoms with E-state index in [1.165, 1.54) is 15.3 Å². The van der Waals surface area contributed by atoms with Crippen LogP contribution in [-0.4, -0.2) is 50.0 Å². The van der Waals surface area contributed by atoms with Gasteiger partial charge in [-0.2, -0.15) is 0 Å². The first-order chi connectivity index (χ1) is 21.0. The maximum Gasteiger partial charge on any atom is 0.243 e. The second-order valence-corrected chi connectivity index (χ2v) is 13.9. The Morgan fingerprint density at radius 1 is 1.00 bits per heavy atom. The largest absolute Gasteiger partial charge is 0.352 e. The van der Waals surface area contributed by atoms with Gasteiger partial charge in [-0.25, -0.2) is 12.8 Å². The summed E-state index contributed by atoms with van der Waals surface area (Å²) < 4.78 is 41.7. The van der Waals surface area contributed by atoms with E-state index in [1.54, 1.807) is 43.3 Å². The monoisotopic (exact) mass is 641 g/mol. The molecule has 3 aromatic carbocycles. The van der Waals surface area contributed by atoms with E-state index in [0.29, 0.717) is 16.3 Å². The standard InChI is InChI=1S/C34H41ClFN3O4S/c1-25-19-20-28(35)23-31(25)39(44(2,42)43)21-11-18-33(40)38(24-27-14-9-10-17-30(27)36)32(22-26-12-5-3-6-13-26)34(41)37-29-15-7-4-8-16-29/h3,5-6,9-10,12-14,17,19-20,23,29,32H,4,7-8,11,15-16,18,21-22,24H2,1-2H3,(H,37,41)/t32-/m1/s1. The number of hydrogen-bond acceptors (Lipinski definition) is 4. The van der Waals surface area contributed by atoms with Crippen molar-refractivity contribution in [2.24, 2.45) is 0 Å². The highest BCUT2D eigenvalue weighted by Gasteiger charge is 2.32. The summed E-state index contributed by atoms with van der Waals surface area (Å²) in [6.07, 6.45) is 6.50. The van der Waals surface area contributed by atoms with E-state index in [-0.39, 0.29) is 50.2 Å². The summed E-state index contributed by atoms with van der Waals surface area (Å²) in [4.78, 5) is 29.4. The third-order valence-corrected chi connectivity index (χ3v) is 9.53. The van der Waals surface area contributed by atoms with Crippen LogP contribution >= 0.6 is 11.6 Å². The van der Waals surface area contributed by atoms with Crippen molar-refractivity contribution >= 4 is 39.1 Å². The van der Waals surface area contributed by atoms with E-state index in [1.807, 2.05) is 30.3 Å². The number of amides is 2. The smallest absolute Gasteiger partial charge is 0.243 e. The molecule has 7 nitrogen and oxygen atoms in total. The van der Waals surface area contributed by atoms with Crippen LogP contribution in [0.4, 0.5) is 10.1 Å². The van der Waals surface area contributed by atoms with Crippen molar-refractivity contribution in [1.29, 1.82) is 0 Å². The van der Waals surface area contributed by atoms with Crippen molar-refractivity contribution in [2.75, 3.05) is 17.1 Å². The third-order valence-electron chi connectivity index (χ3n) is 8.11. The second kappa shape index (κ2) is 15.5. The lowest BCUT2D eigenvalue weighted by Crippen LogP contribution is -2.53. The number of sulfonamides is 1. The molecule has 1 aliphatic carbocycles. The number of halogens is 2. The number of nitrogens with zero attached hydrogens (tertiary/aromatic N) is 2. The zero-order chi connectivity index (χ0) is 31.7. The molecule has 236 valence electrons. The van der Waals surface area contributed by atoms with Crippen LogP contribution in [0.2, 0.25) is 5.02 Å². The minimum atomic E-state index is -3.68. The number of carbonyl (C=O) groups is 2. The molecule has 0 heterocycles. The number of carbonyl (C=O) groups excluding carboxylic acids is 2. The van der Waals surface area contributed by atoms with Gasteiger partial charge in [0.15, 0.2) is 0 Å². The highest BCUT2D eigenvalue weighted by Crippen LogP contribution is 2.27. The highest BCUT2D eigenvalue weighted by molar-refractivity contribution is 7.92. The summed E-state index contributed by atoms with van der Waals surface area (Å²) in [5, 5.41) is 3.58. The summed E-state index contributed by atoms with van der Waals surface area (Å²) in [5.74, 6) is -1.09. The Kier molecular flexibility index (Phi) is 11.8. The number of aryl methyl sites for hydroxylation is 1. The number of hydrogen-bond donors (Lipinski definition) is 1. The lowest BCUT2D eigenvalue weighted by atomic mass is 9.94. The van der Waals surface area contributed by atoms with Crippen LogP contribution in [0.5, 0.6) is 0 Å². The highest BCUT2D eigenvalue weighted by atomic mass is 35.5. The summed E-state index contributed by atoms with van der Waals surface area (Å²) in [7, 11) is -3.68. The zero-order valence-corrected chi connectivity index (χ0v) is 26.9. The molecule has 2 amide bonds. The van der Waals surface area contributed by atoms with E-state index < -0.39 is 21.9 Å². The van der Waals surface area contributed by atoms with Gasteiger partial charge in [0.05, 0.1) is 11.9 Å². The molecule has 10 heteroatoms. The van der Waals surface area contributed by atoms with Gasteiger partial charge in [-0.05, 0) is 55.5 Å². The van der Waals surface area contributed by atoms with E-state index in [2.05, 4.69) is 5.32 Å². The van der Waals surface area contributed by atoms with E-state index in [9.17, 15) is 22.4 Å². The van der Waals surface area contributed by atoms with Gasteiger partial charge in [0.1, 0.15) is 11.9 Å². The number of benzene rings is 3. The summed E-state index contributed by atoms with van der Waals surface area (Å²) in [6.45, 7) is 1.74. The molecule has 0 aromatic heterocycles. The van der Waals surface area contributed by atoms with Crippen LogP contribution in [0.15, 0.2) is 72.8 Å². The molecule has 0 spiro atoms. The molecule has 1 fully saturated rings. The summed E-state index contributed by atoms with van der Waals surface area (Å²) in [6, 6.07) is 19.9. The predicted octanol–water partition coefficient (Wildman–Crippen LogP) is 6.42. The Hall–Kier alpha value is -3.43. The summed E-state index contributed by atoms with van der Waals surface area (Å²) in [5.41, 5.74) is 2.36. The minimum absolute atomic E-state index is 0.0317. The first kappa shape index (κ1) is 33.5. The molecule has 0 radical (unpaired) electrons. The normalized spacial score (nSPS) is 14.5. The number of anilines is 1. The van der Waals surface area contributed by atoms with Crippen LogP contribution in [0, 0.1) is 12.7 Å². The van der Waals surface area contributed by atoms with Crippen LogP contribution < -0.4 is 9.62 Å². The molecule has 0 bridgehead atoms. The Balaban J connectivity index is 1.61. The maximum absolute atomic E-state index is 14.9. The molecule has 0 aliphatic heterocycles. The van der Waals surface area contributed by atoms with Gasteiger partial charge in [0.25, 0.3) is 0 Å². The predicted molar refractivity (Wildman–Crippen MR) is 174 cm³/mol. The minimum Gasteiger partial charge on any atom is -0.352 e.